The number of aromatic nitrogens is 1. The number of benzene rings is 1. The fourth-order valence-electron chi connectivity index (χ4n) is 3.80. The van der Waals surface area contributed by atoms with Gasteiger partial charge in [0.25, 0.3) is 0 Å². The molecule has 2 fully saturated rings. The number of carboxylic acid groups (broad SMARTS) is 1. The Balaban J connectivity index is 1.71. The molecular formula is C19H21FN4O4. The van der Waals surface area contributed by atoms with Crippen molar-refractivity contribution < 1.29 is 14.3 Å². The fourth-order valence-corrected chi connectivity index (χ4v) is 3.80. The molecular weight excluding hydrogens is 367 g/mol. The molecule has 28 heavy (non-hydrogen) atoms. The first-order valence-corrected chi connectivity index (χ1v) is 9.37. The van der Waals surface area contributed by atoms with Crippen molar-refractivity contribution in [3.05, 3.63) is 44.8 Å². The van der Waals surface area contributed by atoms with Crippen LogP contribution < -0.4 is 10.3 Å². The number of hydrogen-bond acceptors (Lipinski definition) is 6. The number of rotatable bonds is 6. The van der Waals surface area contributed by atoms with Crippen molar-refractivity contribution in [2.45, 2.75) is 18.9 Å². The molecule has 0 spiro atoms. The molecule has 4 rings (SSSR count). The molecule has 1 saturated carbocycles. The van der Waals surface area contributed by atoms with Gasteiger partial charge < -0.3 is 14.6 Å². The Bertz CT molecular complexity index is 994. The van der Waals surface area contributed by atoms with Gasteiger partial charge in [-0.25, -0.2) is 9.18 Å². The Kier molecular flexibility index (Phi) is 4.84. The van der Waals surface area contributed by atoms with E-state index in [9.17, 15) is 24.0 Å². The molecule has 0 radical (unpaired) electrons. The Morgan fingerprint density at radius 2 is 1.93 bits per heavy atom. The summed E-state index contributed by atoms with van der Waals surface area (Å²) in [6, 6.07) is 2.98. The average molecular weight is 388 g/mol. The van der Waals surface area contributed by atoms with E-state index in [0.717, 1.165) is 12.8 Å². The molecule has 0 bridgehead atoms. The second kappa shape index (κ2) is 7.31. The molecule has 148 valence electrons. The number of fused-ring (bicyclic) bond motifs is 1. The zero-order chi connectivity index (χ0) is 19.8. The third kappa shape index (κ3) is 3.37. The van der Waals surface area contributed by atoms with Crippen molar-refractivity contribution in [2.75, 3.05) is 44.2 Å². The van der Waals surface area contributed by atoms with E-state index in [0.29, 0.717) is 43.9 Å². The minimum Gasteiger partial charge on any atom is -0.477 e. The van der Waals surface area contributed by atoms with Crippen LogP contribution in [0.5, 0.6) is 0 Å². The van der Waals surface area contributed by atoms with Gasteiger partial charge in [-0.2, -0.15) is 4.91 Å². The van der Waals surface area contributed by atoms with Gasteiger partial charge in [-0.05, 0) is 25.0 Å². The fraction of sp³-hybridized carbons (Fsp3) is 0.474. The van der Waals surface area contributed by atoms with Crippen LogP contribution in [0.3, 0.4) is 0 Å². The van der Waals surface area contributed by atoms with Gasteiger partial charge in [0.15, 0.2) is 0 Å². The van der Waals surface area contributed by atoms with Crippen molar-refractivity contribution >= 4 is 22.6 Å². The van der Waals surface area contributed by atoms with Gasteiger partial charge in [0.2, 0.25) is 5.43 Å². The van der Waals surface area contributed by atoms with Gasteiger partial charge in [-0.1, -0.05) is 5.18 Å². The lowest BCUT2D eigenvalue weighted by Crippen LogP contribution is -2.47. The summed E-state index contributed by atoms with van der Waals surface area (Å²) in [6.07, 6.45) is 3.21. The van der Waals surface area contributed by atoms with E-state index in [1.165, 1.54) is 12.3 Å². The third-order valence-corrected chi connectivity index (χ3v) is 5.49. The Hall–Kier alpha value is -2.81. The summed E-state index contributed by atoms with van der Waals surface area (Å²) in [7, 11) is 0. The Labute approximate surface area is 160 Å². The van der Waals surface area contributed by atoms with Gasteiger partial charge >= 0.3 is 5.97 Å². The summed E-state index contributed by atoms with van der Waals surface area (Å²) in [5.74, 6) is -1.83. The van der Waals surface area contributed by atoms with E-state index < -0.39 is 17.2 Å². The largest absolute Gasteiger partial charge is 0.477 e. The van der Waals surface area contributed by atoms with Crippen LogP contribution in [0.15, 0.2) is 28.3 Å². The first-order chi connectivity index (χ1) is 13.5. The molecule has 1 aliphatic carbocycles. The first-order valence-electron chi connectivity index (χ1n) is 9.37. The molecule has 0 amide bonds. The maximum Gasteiger partial charge on any atom is 0.341 e. The third-order valence-electron chi connectivity index (χ3n) is 5.49. The summed E-state index contributed by atoms with van der Waals surface area (Å²) < 4.78 is 16.7. The van der Waals surface area contributed by atoms with Gasteiger partial charge in [0, 0.05) is 50.3 Å². The van der Waals surface area contributed by atoms with Crippen LogP contribution >= 0.6 is 0 Å². The zero-order valence-electron chi connectivity index (χ0n) is 15.3. The van der Waals surface area contributed by atoms with Crippen LogP contribution in [0.1, 0.15) is 29.2 Å². The molecule has 2 aliphatic rings. The molecule has 2 heterocycles. The molecule has 0 atom stereocenters. The number of carboxylic acids is 1. The molecule has 0 unspecified atom stereocenters. The summed E-state index contributed by atoms with van der Waals surface area (Å²) in [6.45, 7) is 3.42. The highest BCUT2D eigenvalue weighted by Gasteiger charge is 2.28. The Morgan fingerprint density at radius 1 is 1.21 bits per heavy atom. The molecule has 1 aromatic carbocycles. The van der Waals surface area contributed by atoms with E-state index in [1.807, 2.05) is 4.90 Å². The minimum atomic E-state index is -1.30. The molecule has 1 aliphatic heterocycles. The second-order valence-electron chi connectivity index (χ2n) is 7.32. The van der Waals surface area contributed by atoms with Crippen molar-refractivity contribution in [1.82, 2.24) is 9.47 Å². The molecule has 1 aromatic heterocycles. The maximum absolute atomic E-state index is 14.9. The lowest BCUT2D eigenvalue weighted by molar-refractivity contribution is 0.0695. The predicted octanol–water partition coefficient (Wildman–Crippen LogP) is 2.06. The molecule has 9 heteroatoms. The van der Waals surface area contributed by atoms with Gasteiger partial charge in [-0.3, -0.25) is 9.69 Å². The quantitative estimate of drug-likeness (QED) is 0.761. The van der Waals surface area contributed by atoms with Crippen LogP contribution in [0, 0.1) is 10.7 Å². The molecule has 1 N–H and O–H groups in total. The Morgan fingerprint density at radius 3 is 2.54 bits per heavy atom. The van der Waals surface area contributed by atoms with Crippen molar-refractivity contribution in [3.8, 4) is 0 Å². The van der Waals surface area contributed by atoms with E-state index in [-0.39, 0.29) is 23.5 Å². The number of nitrogens with zero attached hydrogens (tertiary/aromatic N) is 4. The number of carbonyl (C=O) groups is 1. The van der Waals surface area contributed by atoms with Crippen LogP contribution in [-0.2, 0) is 0 Å². The number of nitroso groups, excluding NO2 is 1. The van der Waals surface area contributed by atoms with Crippen molar-refractivity contribution in [3.63, 3.8) is 0 Å². The van der Waals surface area contributed by atoms with Gasteiger partial charge in [0.1, 0.15) is 11.4 Å². The minimum absolute atomic E-state index is 0.101. The van der Waals surface area contributed by atoms with E-state index in [2.05, 4.69) is 10.1 Å². The molecule has 1 saturated heterocycles. The number of anilines is 1. The topological polar surface area (TPSA) is 95.2 Å². The number of piperazine rings is 1. The number of halogens is 1. The van der Waals surface area contributed by atoms with Crippen LogP contribution in [-0.4, -0.2) is 59.8 Å². The van der Waals surface area contributed by atoms with Crippen molar-refractivity contribution in [1.29, 1.82) is 0 Å². The molecule has 8 nitrogen and oxygen atoms in total. The predicted molar refractivity (Wildman–Crippen MR) is 103 cm³/mol. The highest BCUT2D eigenvalue weighted by atomic mass is 19.1. The van der Waals surface area contributed by atoms with Gasteiger partial charge in [-0.15, -0.1) is 0 Å². The lowest BCUT2D eigenvalue weighted by atomic mass is 10.1. The first kappa shape index (κ1) is 18.5. The van der Waals surface area contributed by atoms with Gasteiger partial charge in [0.05, 0.1) is 17.7 Å². The number of aromatic carboxylic acids is 1. The summed E-state index contributed by atoms with van der Waals surface area (Å²) >= 11 is 0. The van der Waals surface area contributed by atoms with E-state index in [1.54, 1.807) is 10.6 Å². The second-order valence-corrected chi connectivity index (χ2v) is 7.32. The molecule has 2 aromatic rings. The van der Waals surface area contributed by atoms with Crippen LogP contribution in [0.25, 0.3) is 10.9 Å². The normalized spacial score (nSPS) is 17.8. The maximum atomic E-state index is 14.9. The standard InChI is InChI=1S/C19H21FN4O4/c20-15-9-13-16(24(12-1-2-12)11-14(18(13)25)19(26)27)10-17(15)23-7-5-22(6-8-23)4-3-21-28/h9-12H,1-8H2,(H,26,27). The summed E-state index contributed by atoms with van der Waals surface area (Å²) in [5, 5.41) is 12.3. The van der Waals surface area contributed by atoms with Crippen LogP contribution in [0.2, 0.25) is 0 Å². The number of pyridine rings is 1. The number of hydrogen-bond donors (Lipinski definition) is 1. The summed E-state index contributed by atoms with van der Waals surface area (Å²) in [5.41, 5.74) is -0.000921. The highest BCUT2D eigenvalue weighted by molar-refractivity contribution is 5.93. The summed E-state index contributed by atoms with van der Waals surface area (Å²) in [4.78, 5) is 38.3. The SMILES string of the molecule is O=NCCN1CCN(c2cc3c(cc2F)c(=O)c(C(=O)O)cn3C2CC2)CC1. The zero-order valence-corrected chi connectivity index (χ0v) is 15.3. The smallest absolute Gasteiger partial charge is 0.341 e. The lowest BCUT2D eigenvalue weighted by Gasteiger charge is -2.36. The van der Waals surface area contributed by atoms with Crippen LogP contribution in [0.4, 0.5) is 10.1 Å². The highest BCUT2D eigenvalue weighted by Crippen LogP contribution is 2.38. The van der Waals surface area contributed by atoms with E-state index >= 15 is 0 Å². The van der Waals surface area contributed by atoms with E-state index in [4.69, 9.17) is 0 Å². The average Bonchev–Trinajstić information content (AvgIpc) is 3.52. The van der Waals surface area contributed by atoms with Crippen molar-refractivity contribution in [2.24, 2.45) is 5.18 Å². The monoisotopic (exact) mass is 388 g/mol.